The van der Waals surface area contributed by atoms with Crippen LogP contribution in [0.2, 0.25) is 0 Å². The molecule has 0 saturated heterocycles. The Kier molecular flexibility index (Phi) is 2.96. The zero-order valence-electron chi connectivity index (χ0n) is 10.0. The third kappa shape index (κ3) is 2.21. The normalized spacial score (nSPS) is 10.2. The van der Waals surface area contributed by atoms with Gasteiger partial charge in [0.25, 0.3) is 0 Å². The summed E-state index contributed by atoms with van der Waals surface area (Å²) in [5.41, 5.74) is 11.9. The molecule has 0 aliphatic carbocycles. The first-order chi connectivity index (χ1) is 8.11. The molecule has 0 aliphatic heterocycles. The van der Waals surface area contributed by atoms with Crippen LogP contribution in [-0.2, 0) is 0 Å². The summed E-state index contributed by atoms with van der Waals surface area (Å²) in [6.07, 6.45) is 0.848. The molecule has 0 aliphatic rings. The predicted octanol–water partition coefficient (Wildman–Crippen LogP) is 3.37. The largest absolute Gasteiger partial charge is 0.399 e. The number of carbonyl (C=O) groups excluding carboxylic acids is 1. The molecule has 0 unspecified atom stereocenters. The van der Waals surface area contributed by atoms with Gasteiger partial charge in [0.2, 0.25) is 0 Å². The minimum absolute atomic E-state index is 0.687. The van der Waals surface area contributed by atoms with E-state index in [9.17, 15) is 4.79 Å². The van der Waals surface area contributed by atoms with Crippen LogP contribution in [0.3, 0.4) is 0 Å². The molecular weight excluding hydrogens is 210 g/mol. The predicted molar refractivity (Wildman–Crippen MR) is 71.2 cm³/mol. The number of aldehydes is 1. The molecule has 2 N–H and O–H groups in total. The van der Waals surface area contributed by atoms with Crippen molar-refractivity contribution in [3.63, 3.8) is 0 Å². The van der Waals surface area contributed by atoms with E-state index in [4.69, 9.17) is 5.73 Å². The van der Waals surface area contributed by atoms with Gasteiger partial charge >= 0.3 is 0 Å². The standard InChI is InChI=1S/C15H15NO/c1-10-7-14(16)8-15(11(10)2)13-5-3-12(9-17)4-6-13/h3-9H,16H2,1-2H3. The molecule has 0 bridgehead atoms. The lowest BCUT2D eigenvalue weighted by Crippen LogP contribution is -1.93. The highest BCUT2D eigenvalue weighted by Crippen LogP contribution is 2.28. The minimum Gasteiger partial charge on any atom is -0.399 e. The smallest absolute Gasteiger partial charge is 0.150 e. The number of hydrogen-bond donors (Lipinski definition) is 1. The van der Waals surface area contributed by atoms with Gasteiger partial charge in [0.15, 0.2) is 0 Å². The Morgan fingerprint density at radius 2 is 1.71 bits per heavy atom. The number of hydrogen-bond acceptors (Lipinski definition) is 2. The van der Waals surface area contributed by atoms with Gasteiger partial charge in [-0.25, -0.2) is 0 Å². The Morgan fingerprint density at radius 3 is 2.29 bits per heavy atom. The van der Waals surface area contributed by atoms with Gasteiger partial charge in [-0.2, -0.15) is 0 Å². The molecule has 0 saturated carbocycles. The van der Waals surface area contributed by atoms with Gasteiger partial charge in [0.1, 0.15) is 6.29 Å². The first kappa shape index (κ1) is 11.4. The molecule has 17 heavy (non-hydrogen) atoms. The zero-order valence-corrected chi connectivity index (χ0v) is 10.0. The highest BCUT2D eigenvalue weighted by Gasteiger charge is 2.05. The summed E-state index contributed by atoms with van der Waals surface area (Å²) in [6, 6.07) is 11.5. The van der Waals surface area contributed by atoms with E-state index in [0.29, 0.717) is 5.56 Å². The SMILES string of the molecule is Cc1cc(N)cc(-c2ccc(C=O)cc2)c1C. The Bertz CT molecular complexity index is 556. The van der Waals surface area contributed by atoms with Crippen molar-refractivity contribution >= 4 is 12.0 Å². The van der Waals surface area contributed by atoms with Crippen molar-refractivity contribution in [2.45, 2.75) is 13.8 Å². The van der Waals surface area contributed by atoms with Gasteiger partial charge in [-0.1, -0.05) is 24.3 Å². The van der Waals surface area contributed by atoms with E-state index >= 15 is 0 Å². The third-order valence-electron chi connectivity index (χ3n) is 3.05. The zero-order chi connectivity index (χ0) is 12.4. The van der Waals surface area contributed by atoms with Gasteiger partial charge in [-0.15, -0.1) is 0 Å². The maximum absolute atomic E-state index is 10.6. The lowest BCUT2D eigenvalue weighted by Gasteiger charge is -2.10. The number of anilines is 1. The van der Waals surface area contributed by atoms with Crippen LogP contribution in [0.1, 0.15) is 21.5 Å². The van der Waals surface area contributed by atoms with Crippen molar-refractivity contribution in [3.8, 4) is 11.1 Å². The fourth-order valence-corrected chi connectivity index (χ4v) is 1.93. The summed E-state index contributed by atoms with van der Waals surface area (Å²) in [5, 5.41) is 0. The topological polar surface area (TPSA) is 43.1 Å². The molecule has 0 fully saturated rings. The average Bonchev–Trinajstić information content (AvgIpc) is 2.34. The lowest BCUT2D eigenvalue weighted by molar-refractivity contribution is 0.112. The fraction of sp³-hybridized carbons (Fsp3) is 0.133. The summed E-state index contributed by atoms with van der Waals surface area (Å²) >= 11 is 0. The molecule has 2 aromatic carbocycles. The fourth-order valence-electron chi connectivity index (χ4n) is 1.93. The molecule has 0 heterocycles. The molecule has 2 heteroatoms. The summed E-state index contributed by atoms with van der Waals surface area (Å²) in [5.74, 6) is 0. The van der Waals surface area contributed by atoms with E-state index in [1.54, 1.807) is 0 Å². The molecule has 2 nitrogen and oxygen atoms in total. The number of benzene rings is 2. The van der Waals surface area contributed by atoms with Gasteiger partial charge < -0.3 is 5.73 Å². The molecular formula is C15H15NO. The van der Waals surface area contributed by atoms with E-state index in [1.807, 2.05) is 36.4 Å². The van der Waals surface area contributed by atoms with Crippen molar-refractivity contribution in [1.29, 1.82) is 0 Å². The second kappa shape index (κ2) is 4.42. The molecule has 0 spiro atoms. The molecule has 86 valence electrons. The first-order valence-corrected chi connectivity index (χ1v) is 5.54. The van der Waals surface area contributed by atoms with Crippen molar-refractivity contribution in [3.05, 3.63) is 53.1 Å². The molecule has 0 radical (unpaired) electrons. The monoisotopic (exact) mass is 225 g/mol. The van der Waals surface area contributed by atoms with Crippen LogP contribution in [-0.4, -0.2) is 6.29 Å². The van der Waals surface area contributed by atoms with Crippen LogP contribution in [0.15, 0.2) is 36.4 Å². The van der Waals surface area contributed by atoms with E-state index in [1.165, 1.54) is 11.1 Å². The molecule has 0 amide bonds. The van der Waals surface area contributed by atoms with Gasteiger partial charge in [-0.3, -0.25) is 4.79 Å². The summed E-state index contributed by atoms with van der Waals surface area (Å²) in [7, 11) is 0. The van der Waals surface area contributed by atoms with Crippen LogP contribution in [0, 0.1) is 13.8 Å². The molecule has 0 atom stereocenters. The Morgan fingerprint density at radius 1 is 1.06 bits per heavy atom. The molecule has 2 aromatic rings. The molecule has 2 rings (SSSR count). The second-order valence-corrected chi connectivity index (χ2v) is 4.25. The number of nitrogens with two attached hydrogens (primary N) is 1. The van der Waals surface area contributed by atoms with E-state index < -0.39 is 0 Å². The summed E-state index contributed by atoms with van der Waals surface area (Å²) in [4.78, 5) is 10.6. The maximum Gasteiger partial charge on any atom is 0.150 e. The lowest BCUT2D eigenvalue weighted by atomic mass is 9.96. The highest BCUT2D eigenvalue weighted by atomic mass is 16.1. The van der Waals surface area contributed by atoms with Gasteiger partial charge in [-0.05, 0) is 48.2 Å². The number of carbonyl (C=O) groups is 1. The summed E-state index contributed by atoms with van der Waals surface area (Å²) in [6.45, 7) is 4.13. The van der Waals surface area contributed by atoms with E-state index in [-0.39, 0.29) is 0 Å². The molecule has 0 aromatic heterocycles. The highest BCUT2D eigenvalue weighted by molar-refractivity contribution is 5.78. The quantitative estimate of drug-likeness (QED) is 0.629. The van der Waals surface area contributed by atoms with Crippen molar-refractivity contribution in [2.75, 3.05) is 5.73 Å². The van der Waals surface area contributed by atoms with Crippen LogP contribution in [0.25, 0.3) is 11.1 Å². The number of rotatable bonds is 2. The van der Waals surface area contributed by atoms with Crippen LogP contribution < -0.4 is 5.73 Å². The number of nitrogen functional groups attached to an aromatic ring is 1. The van der Waals surface area contributed by atoms with E-state index in [0.717, 1.165) is 23.1 Å². The number of aryl methyl sites for hydroxylation is 1. The minimum atomic E-state index is 0.687. The first-order valence-electron chi connectivity index (χ1n) is 5.54. The van der Waals surface area contributed by atoms with Crippen LogP contribution in [0.5, 0.6) is 0 Å². The Hall–Kier alpha value is -2.09. The average molecular weight is 225 g/mol. The van der Waals surface area contributed by atoms with Crippen molar-refractivity contribution in [1.82, 2.24) is 0 Å². The van der Waals surface area contributed by atoms with Crippen LogP contribution >= 0.6 is 0 Å². The Labute approximate surface area is 101 Å². The maximum atomic E-state index is 10.6. The van der Waals surface area contributed by atoms with Gasteiger partial charge in [0, 0.05) is 11.3 Å². The van der Waals surface area contributed by atoms with Crippen molar-refractivity contribution < 1.29 is 4.79 Å². The second-order valence-electron chi connectivity index (χ2n) is 4.25. The third-order valence-corrected chi connectivity index (χ3v) is 3.05. The van der Waals surface area contributed by atoms with E-state index in [2.05, 4.69) is 13.8 Å². The van der Waals surface area contributed by atoms with Crippen molar-refractivity contribution in [2.24, 2.45) is 0 Å². The van der Waals surface area contributed by atoms with Gasteiger partial charge in [0.05, 0.1) is 0 Å². The van der Waals surface area contributed by atoms with Crippen LogP contribution in [0.4, 0.5) is 5.69 Å². The Balaban J connectivity index is 2.55. The summed E-state index contributed by atoms with van der Waals surface area (Å²) < 4.78 is 0.